The number of ether oxygens (including phenoxy) is 1. The lowest BCUT2D eigenvalue weighted by Crippen LogP contribution is -2.37. The third-order valence-electron chi connectivity index (χ3n) is 5.92. The van der Waals surface area contributed by atoms with Crippen LogP contribution in [0.4, 0.5) is 5.69 Å². The van der Waals surface area contributed by atoms with E-state index in [0.29, 0.717) is 17.6 Å². The number of fused-ring (bicyclic) bond motifs is 1. The molecule has 7 heteroatoms. The molecule has 3 aromatic carbocycles. The summed E-state index contributed by atoms with van der Waals surface area (Å²) in [6, 6.07) is 19.5. The smallest absolute Gasteiger partial charge is 0.264 e. The highest BCUT2D eigenvalue weighted by atomic mass is 32.1. The quantitative estimate of drug-likeness (QED) is 0.289. The van der Waals surface area contributed by atoms with Crippen molar-refractivity contribution in [3.05, 3.63) is 77.4 Å². The number of nitrogens with one attached hydrogen (secondary N) is 2. The molecule has 6 nitrogen and oxygen atoms in total. The van der Waals surface area contributed by atoms with Crippen molar-refractivity contribution < 1.29 is 13.9 Å². The Morgan fingerprint density at radius 2 is 1.86 bits per heavy atom. The number of aromatic nitrogens is 1. The minimum absolute atomic E-state index is 0.124. The fourth-order valence-corrected chi connectivity index (χ4v) is 3.97. The van der Waals surface area contributed by atoms with E-state index in [1.165, 1.54) is 5.56 Å². The van der Waals surface area contributed by atoms with Gasteiger partial charge in [0.05, 0.1) is 0 Å². The van der Waals surface area contributed by atoms with E-state index in [9.17, 15) is 4.79 Å². The highest BCUT2D eigenvalue weighted by Gasteiger charge is 2.12. The van der Waals surface area contributed by atoms with E-state index < -0.39 is 0 Å². The lowest BCUT2D eigenvalue weighted by Gasteiger charge is -2.12. The molecule has 4 aromatic rings. The van der Waals surface area contributed by atoms with Gasteiger partial charge in [-0.15, -0.1) is 0 Å². The number of oxazole rings is 1. The molecule has 4 rings (SSSR count). The topological polar surface area (TPSA) is 76.4 Å². The SMILES string of the molecule is CC[C@H](C)c1ccc2oc(-c3ccc(NC(=S)NC(=O)COc4ccc(C)cc4C)cc3)nc2c1. The summed E-state index contributed by atoms with van der Waals surface area (Å²) in [7, 11) is 0. The van der Waals surface area contributed by atoms with Crippen LogP contribution in [0.5, 0.6) is 5.75 Å². The van der Waals surface area contributed by atoms with Crippen LogP contribution in [0.2, 0.25) is 0 Å². The summed E-state index contributed by atoms with van der Waals surface area (Å²) >= 11 is 5.27. The Balaban J connectivity index is 1.33. The van der Waals surface area contributed by atoms with Crippen LogP contribution in [0.15, 0.2) is 65.1 Å². The molecule has 1 amide bonds. The van der Waals surface area contributed by atoms with E-state index in [0.717, 1.165) is 39.9 Å². The summed E-state index contributed by atoms with van der Waals surface area (Å²) in [5.41, 5.74) is 6.59. The van der Waals surface area contributed by atoms with Gasteiger partial charge in [0.1, 0.15) is 11.3 Å². The lowest BCUT2D eigenvalue weighted by molar-refractivity contribution is -0.121. The van der Waals surface area contributed by atoms with Gasteiger partial charge in [0.15, 0.2) is 17.3 Å². The molecule has 0 spiro atoms. The van der Waals surface area contributed by atoms with Crippen LogP contribution in [-0.4, -0.2) is 22.6 Å². The molecule has 1 aromatic heterocycles. The maximum absolute atomic E-state index is 12.2. The Kier molecular flexibility index (Phi) is 7.46. The van der Waals surface area contributed by atoms with Crippen LogP contribution < -0.4 is 15.4 Å². The third-order valence-corrected chi connectivity index (χ3v) is 6.13. The van der Waals surface area contributed by atoms with E-state index in [2.05, 4.69) is 41.6 Å². The van der Waals surface area contributed by atoms with Gasteiger partial charge < -0.3 is 14.5 Å². The Labute approximate surface area is 210 Å². The third kappa shape index (κ3) is 6.05. The van der Waals surface area contributed by atoms with Gasteiger partial charge in [0.2, 0.25) is 5.89 Å². The summed E-state index contributed by atoms with van der Waals surface area (Å²) in [4.78, 5) is 16.9. The molecular formula is C28H29N3O3S. The molecule has 1 heterocycles. The minimum atomic E-state index is -0.331. The Morgan fingerprint density at radius 1 is 1.09 bits per heavy atom. The Hall–Kier alpha value is -3.71. The molecule has 0 aliphatic rings. The highest BCUT2D eigenvalue weighted by molar-refractivity contribution is 7.80. The zero-order valence-corrected chi connectivity index (χ0v) is 21.2. The molecule has 0 fully saturated rings. The fourth-order valence-electron chi connectivity index (χ4n) is 3.74. The number of benzene rings is 3. The van der Waals surface area contributed by atoms with Crippen molar-refractivity contribution in [2.45, 2.75) is 40.0 Å². The number of carbonyl (C=O) groups excluding carboxylic acids is 1. The molecule has 0 bridgehead atoms. The molecular weight excluding hydrogens is 458 g/mol. The normalized spacial score (nSPS) is 11.8. The average molecular weight is 488 g/mol. The maximum Gasteiger partial charge on any atom is 0.264 e. The number of nitrogens with zero attached hydrogens (tertiary/aromatic N) is 1. The van der Waals surface area contributed by atoms with Crippen molar-refractivity contribution in [2.75, 3.05) is 11.9 Å². The number of rotatable bonds is 7. The number of anilines is 1. The first-order chi connectivity index (χ1) is 16.8. The minimum Gasteiger partial charge on any atom is -0.483 e. The molecule has 0 saturated heterocycles. The van der Waals surface area contributed by atoms with Crippen LogP contribution in [0, 0.1) is 13.8 Å². The van der Waals surface area contributed by atoms with Gasteiger partial charge in [-0.05, 0) is 92.0 Å². The zero-order valence-electron chi connectivity index (χ0n) is 20.3. The number of amides is 1. The van der Waals surface area contributed by atoms with Crippen molar-refractivity contribution in [1.29, 1.82) is 0 Å². The fraction of sp³-hybridized carbons (Fsp3) is 0.250. The average Bonchev–Trinajstić information content (AvgIpc) is 3.27. The monoisotopic (exact) mass is 487 g/mol. The van der Waals surface area contributed by atoms with Crippen molar-refractivity contribution in [1.82, 2.24) is 10.3 Å². The lowest BCUT2D eigenvalue weighted by atomic mass is 9.98. The van der Waals surface area contributed by atoms with Crippen molar-refractivity contribution >= 4 is 40.0 Å². The van der Waals surface area contributed by atoms with Crippen molar-refractivity contribution in [2.24, 2.45) is 0 Å². The van der Waals surface area contributed by atoms with Crippen LogP contribution in [-0.2, 0) is 4.79 Å². The van der Waals surface area contributed by atoms with Crippen LogP contribution >= 0.6 is 12.2 Å². The molecule has 1 atom stereocenters. The molecule has 0 aliphatic heterocycles. The van der Waals surface area contributed by atoms with Gasteiger partial charge in [-0.3, -0.25) is 10.1 Å². The van der Waals surface area contributed by atoms with Gasteiger partial charge in [-0.25, -0.2) is 4.98 Å². The number of aryl methyl sites for hydroxylation is 2. The van der Waals surface area contributed by atoms with Gasteiger partial charge in [-0.2, -0.15) is 0 Å². The second-order valence-electron chi connectivity index (χ2n) is 8.69. The second kappa shape index (κ2) is 10.7. The first-order valence-electron chi connectivity index (χ1n) is 11.6. The molecule has 0 radical (unpaired) electrons. The van der Waals surface area contributed by atoms with Gasteiger partial charge in [0.25, 0.3) is 5.91 Å². The number of hydrogen-bond donors (Lipinski definition) is 2. The summed E-state index contributed by atoms with van der Waals surface area (Å²) in [6.45, 7) is 8.22. The van der Waals surface area contributed by atoms with Crippen molar-refractivity contribution in [3.63, 3.8) is 0 Å². The van der Waals surface area contributed by atoms with E-state index >= 15 is 0 Å². The Bertz CT molecular complexity index is 1360. The summed E-state index contributed by atoms with van der Waals surface area (Å²) in [6.07, 6.45) is 1.08. The van der Waals surface area contributed by atoms with E-state index in [1.807, 2.05) is 62.4 Å². The molecule has 0 aliphatic carbocycles. The first kappa shape index (κ1) is 24.4. The first-order valence-corrected chi connectivity index (χ1v) is 12.0. The van der Waals surface area contributed by atoms with Crippen LogP contribution in [0.1, 0.15) is 42.9 Å². The van der Waals surface area contributed by atoms with E-state index in [4.69, 9.17) is 21.4 Å². The predicted molar refractivity (Wildman–Crippen MR) is 144 cm³/mol. The Morgan fingerprint density at radius 3 is 2.57 bits per heavy atom. The maximum atomic E-state index is 12.2. The molecule has 35 heavy (non-hydrogen) atoms. The van der Waals surface area contributed by atoms with Gasteiger partial charge in [-0.1, -0.05) is 37.6 Å². The highest BCUT2D eigenvalue weighted by Crippen LogP contribution is 2.28. The number of carbonyl (C=O) groups is 1. The largest absolute Gasteiger partial charge is 0.483 e. The van der Waals surface area contributed by atoms with Crippen LogP contribution in [0.3, 0.4) is 0 Å². The predicted octanol–water partition coefficient (Wildman–Crippen LogP) is 6.52. The molecule has 0 unspecified atom stereocenters. The van der Waals surface area contributed by atoms with E-state index in [1.54, 1.807) is 0 Å². The summed E-state index contributed by atoms with van der Waals surface area (Å²) in [5.74, 6) is 1.39. The van der Waals surface area contributed by atoms with Gasteiger partial charge in [0, 0.05) is 11.3 Å². The molecule has 2 N–H and O–H groups in total. The zero-order chi connectivity index (χ0) is 24.9. The number of hydrogen-bond acceptors (Lipinski definition) is 5. The van der Waals surface area contributed by atoms with Crippen molar-refractivity contribution in [3.8, 4) is 17.2 Å². The van der Waals surface area contributed by atoms with Crippen LogP contribution in [0.25, 0.3) is 22.6 Å². The van der Waals surface area contributed by atoms with E-state index in [-0.39, 0.29) is 17.6 Å². The molecule has 180 valence electrons. The molecule has 0 saturated carbocycles. The number of thiocarbonyl (C=S) groups is 1. The summed E-state index contributed by atoms with van der Waals surface area (Å²) in [5, 5.41) is 5.85. The standard InChI is InChI=1S/C28H29N3O3S/c1-5-18(3)21-9-13-25-23(15-21)30-27(34-25)20-7-10-22(11-8-20)29-28(35)31-26(32)16-33-24-12-6-17(2)14-19(24)4/h6-15,18H,5,16H2,1-4H3,(H2,29,31,32,35)/t18-/m0/s1. The second-order valence-corrected chi connectivity index (χ2v) is 9.10. The summed E-state index contributed by atoms with van der Waals surface area (Å²) < 4.78 is 11.6. The van der Waals surface area contributed by atoms with Gasteiger partial charge >= 0.3 is 0 Å².